The molecule has 0 atom stereocenters. The molecule has 0 bridgehead atoms. The third kappa shape index (κ3) is 4.49. The van der Waals surface area contributed by atoms with Gasteiger partial charge >= 0.3 is 0 Å². The normalized spacial score (nSPS) is 12.1. The molecule has 2 aromatic heterocycles. The van der Waals surface area contributed by atoms with Gasteiger partial charge in [-0.3, -0.25) is 4.98 Å². The fraction of sp³-hybridized carbons (Fsp3) is 0. The molecule has 0 saturated carbocycles. The molecule has 0 unspecified atom stereocenters. The predicted octanol–water partition coefficient (Wildman–Crippen LogP) is 15.4. The van der Waals surface area contributed by atoms with Crippen LogP contribution in [0.4, 0.5) is 0 Å². The van der Waals surface area contributed by atoms with Crippen LogP contribution in [0.3, 0.4) is 0 Å². The Morgan fingerprint density at radius 1 is 0.305 bits per heavy atom. The highest BCUT2D eigenvalue weighted by Crippen LogP contribution is 2.58. The fourth-order valence-corrected chi connectivity index (χ4v) is 10.4. The van der Waals surface area contributed by atoms with Crippen molar-refractivity contribution in [3.8, 4) is 61.3 Å². The Labute approximate surface area is 340 Å². The molecule has 0 N–H and O–H groups in total. The number of rotatable bonds is 4. The Balaban J connectivity index is 1.04. The average Bonchev–Trinajstić information content (AvgIpc) is 3.83. The number of pyridine rings is 1. The van der Waals surface area contributed by atoms with E-state index in [4.69, 9.17) is 0 Å². The summed E-state index contributed by atoms with van der Waals surface area (Å²) < 4.78 is 2.42. The van der Waals surface area contributed by atoms with E-state index in [2.05, 4.69) is 204 Å². The highest BCUT2D eigenvalue weighted by molar-refractivity contribution is 6.32. The maximum Gasteiger partial charge on any atom is 0.0724 e. The monoisotopic (exact) mass is 746 g/mol. The van der Waals surface area contributed by atoms with Crippen LogP contribution in [0.1, 0.15) is 0 Å². The van der Waals surface area contributed by atoms with Gasteiger partial charge in [-0.2, -0.15) is 0 Å². The molecule has 13 rings (SSSR count). The summed E-state index contributed by atoms with van der Waals surface area (Å²) in [5, 5.41) is 12.7. The zero-order chi connectivity index (χ0) is 38.6. The minimum atomic E-state index is 1.11. The van der Waals surface area contributed by atoms with E-state index in [-0.39, 0.29) is 0 Å². The first kappa shape index (κ1) is 32.3. The number of fused-ring (bicyclic) bond motifs is 12. The summed E-state index contributed by atoms with van der Waals surface area (Å²) in [4.78, 5) is 4.64. The van der Waals surface area contributed by atoms with Gasteiger partial charge in [0.1, 0.15) is 0 Å². The van der Waals surface area contributed by atoms with Crippen LogP contribution in [0.5, 0.6) is 0 Å². The molecular weight excluding hydrogens is 713 g/mol. The van der Waals surface area contributed by atoms with E-state index < -0.39 is 0 Å². The number of hydrogen-bond donors (Lipinski definition) is 0. The summed E-state index contributed by atoms with van der Waals surface area (Å²) in [6, 6.07) is 71.5. The van der Waals surface area contributed by atoms with Crippen LogP contribution in [0.15, 0.2) is 207 Å². The molecule has 10 aromatic carbocycles. The summed E-state index contributed by atoms with van der Waals surface area (Å²) in [5.41, 5.74) is 16.2. The number of aromatic nitrogens is 2. The van der Waals surface area contributed by atoms with E-state index in [9.17, 15) is 0 Å². The summed E-state index contributed by atoms with van der Waals surface area (Å²) in [6.45, 7) is 0. The van der Waals surface area contributed by atoms with Gasteiger partial charge in [-0.05, 0) is 112 Å². The van der Waals surface area contributed by atoms with Crippen molar-refractivity contribution in [2.75, 3.05) is 0 Å². The number of hydrogen-bond acceptors (Lipinski definition) is 1. The molecule has 0 fully saturated rings. The lowest BCUT2D eigenvalue weighted by atomic mass is 9.82. The molecule has 0 aliphatic heterocycles. The topological polar surface area (TPSA) is 17.8 Å². The van der Waals surface area contributed by atoms with Crippen molar-refractivity contribution in [2.45, 2.75) is 0 Å². The van der Waals surface area contributed by atoms with Crippen LogP contribution in [0.2, 0.25) is 0 Å². The highest BCUT2D eigenvalue weighted by Gasteiger charge is 2.31. The molecule has 1 aliphatic carbocycles. The molecule has 0 radical (unpaired) electrons. The van der Waals surface area contributed by atoms with Gasteiger partial charge in [0.05, 0.1) is 17.2 Å². The fourth-order valence-electron chi connectivity index (χ4n) is 10.4. The molecule has 12 aromatic rings. The SMILES string of the molecule is c1ccc(-c2c3c(c(-c4ccccc4)c4ccccc24)-c2ccc(-c4ccc(-n5c6cnccc6c6c7ccccc7c7ccccc7c65)cc4)c4cccc-3c24)cc1. The van der Waals surface area contributed by atoms with E-state index in [1.807, 2.05) is 12.4 Å². The standard InChI is InChI=1S/C57H34N2/c1-3-14-36(15-4-1)51-44-21-10-11-22-45(44)52(37-16-5-2-6-17-37)56-49-31-30-39(42-24-13-25-48(53(42)49)55(51)56)35-26-28-38(29-27-35)59-50-34-58-33-32-47(50)54-43-20-9-7-18-40(43)41-19-8-12-23-46(41)57(54)59/h1-34H. The van der Waals surface area contributed by atoms with Crippen LogP contribution >= 0.6 is 0 Å². The van der Waals surface area contributed by atoms with Gasteiger partial charge in [-0.15, -0.1) is 0 Å². The first-order valence-electron chi connectivity index (χ1n) is 20.4. The van der Waals surface area contributed by atoms with E-state index in [0.29, 0.717) is 0 Å². The van der Waals surface area contributed by atoms with E-state index in [0.717, 1.165) is 11.2 Å². The van der Waals surface area contributed by atoms with Crippen molar-refractivity contribution in [1.29, 1.82) is 0 Å². The Morgan fingerprint density at radius 3 is 1.49 bits per heavy atom. The Morgan fingerprint density at radius 2 is 0.831 bits per heavy atom. The van der Waals surface area contributed by atoms with Crippen molar-refractivity contribution < 1.29 is 0 Å². The maximum absolute atomic E-state index is 4.64. The Hall–Kier alpha value is -7.81. The van der Waals surface area contributed by atoms with Gasteiger partial charge in [-0.1, -0.05) is 176 Å². The van der Waals surface area contributed by atoms with Gasteiger partial charge < -0.3 is 4.57 Å². The lowest BCUT2D eigenvalue weighted by Gasteiger charge is -2.20. The second-order valence-corrected chi connectivity index (χ2v) is 15.8. The molecule has 0 amide bonds. The largest absolute Gasteiger partial charge is 0.307 e. The summed E-state index contributed by atoms with van der Waals surface area (Å²) in [7, 11) is 0. The molecule has 0 saturated heterocycles. The van der Waals surface area contributed by atoms with Crippen LogP contribution in [0.25, 0.3) is 126 Å². The van der Waals surface area contributed by atoms with Crippen molar-refractivity contribution in [2.24, 2.45) is 0 Å². The van der Waals surface area contributed by atoms with Gasteiger partial charge in [0.15, 0.2) is 0 Å². The Bertz CT molecular complexity index is 3600. The van der Waals surface area contributed by atoms with Crippen LogP contribution in [-0.4, -0.2) is 9.55 Å². The second-order valence-electron chi connectivity index (χ2n) is 15.8. The molecule has 1 aliphatic rings. The number of nitrogens with zero attached hydrogens (tertiary/aromatic N) is 2. The van der Waals surface area contributed by atoms with Crippen LogP contribution in [-0.2, 0) is 0 Å². The van der Waals surface area contributed by atoms with Gasteiger partial charge in [0.2, 0.25) is 0 Å². The lowest BCUT2D eigenvalue weighted by Crippen LogP contribution is -1.95. The van der Waals surface area contributed by atoms with Crippen molar-refractivity contribution in [3.05, 3.63) is 207 Å². The molecule has 2 heteroatoms. The second kappa shape index (κ2) is 12.3. The Kier molecular flexibility index (Phi) is 6.76. The van der Waals surface area contributed by atoms with E-state index in [1.54, 1.807) is 0 Å². The molecule has 2 heterocycles. The van der Waals surface area contributed by atoms with Crippen molar-refractivity contribution >= 4 is 64.9 Å². The zero-order valence-corrected chi connectivity index (χ0v) is 32.0. The quantitative estimate of drug-likeness (QED) is 0.164. The minimum absolute atomic E-state index is 1.11. The number of benzene rings is 10. The molecule has 0 spiro atoms. The highest BCUT2D eigenvalue weighted by atomic mass is 15.0. The summed E-state index contributed by atoms with van der Waals surface area (Å²) >= 11 is 0. The van der Waals surface area contributed by atoms with Gasteiger partial charge in [-0.25, -0.2) is 0 Å². The third-order valence-electron chi connectivity index (χ3n) is 12.8. The first-order valence-corrected chi connectivity index (χ1v) is 20.4. The molecule has 272 valence electrons. The van der Waals surface area contributed by atoms with Gasteiger partial charge in [0, 0.05) is 28.0 Å². The van der Waals surface area contributed by atoms with Crippen molar-refractivity contribution in [3.63, 3.8) is 0 Å². The average molecular weight is 747 g/mol. The molecule has 2 nitrogen and oxygen atoms in total. The summed E-state index contributed by atoms with van der Waals surface area (Å²) in [6.07, 6.45) is 3.94. The third-order valence-corrected chi connectivity index (χ3v) is 12.8. The van der Waals surface area contributed by atoms with Crippen LogP contribution < -0.4 is 0 Å². The zero-order valence-electron chi connectivity index (χ0n) is 32.0. The van der Waals surface area contributed by atoms with Gasteiger partial charge in [0.25, 0.3) is 0 Å². The minimum Gasteiger partial charge on any atom is -0.307 e. The van der Waals surface area contributed by atoms with E-state index in [1.165, 1.54) is 115 Å². The maximum atomic E-state index is 4.64. The lowest BCUT2D eigenvalue weighted by molar-refractivity contribution is 1.17. The van der Waals surface area contributed by atoms with Crippen LogP contribution in [0, 0.1) is 0 Å². The molecular formula is C57H34N2. The summed E-state index contributed by atoms with van der Waals surface area (Å²) in [5.74, 6) is 0. The predicted molar refractivity (Wildman–Crippen MR) is 249 cm³/mol. The smallest absolute Gasteiger partial charge is 0.0724 e. The van der Waals surface area contributed by atoms with Crippen molar-refractivity contribution in [1.82, 2.24) is 9.55 Å². The first-order chi connectivity index (χ1) is 29.3. The molecule has 59 heavy (non-hydrogen) atoms. The van der Waals surface area contributed by atoms with E-state index >= 15 is 0 Å².